The summed E-state index contributed by atoms with van der Waals surface area (Å²) >= 11 is 0. The Labute approximate surface area is 192 Å². The topological polar surface area (TPSA) is 40.5 Å². The minimum Gasteiger partial charge on any atom is -0.393 e. The summed E-state index contributed by atoms with van der Waals surface area (Å²) in [5, 5.41) is 21.5. The predicted octanol–water partition coefficient (Wildman–Crippen LogP) is 6.69. The third-order valence-corrected chi connectivity index (χ3v) is 11.9. The Bertz CT molecular complexity index is 576. The summed E-state index contributed by atoms with van der Waals surface area (Å²) in [6.45, 7) is 9.67. The lowest BCUT2D eigenvalue weighted by atomic mass is 9.44. The van der Waals surface area contributed by atoms with Gasteiger partial charge in [0.1, 0.15) is 0 Å². The van der Waals surface area contributed by atoms with Gasteiger partial charge >= 0.3 is 0 Å². The molecule has 0 aromatic carbocycles. The molecule has 12 atom stereocenters. The first-order chi connectivity index (χ1) is 14.9. The van der Waals surface area contributed by atoms with E-state index in [-0.39, 0.29) is 12.2 Å². The summed E-state index contributed by atoms with van der Waals surface area (Å²) in [6, 6.07) is 0. The van der Waals surface area contributed by atoms with E-state index in [0.717, 1.165) is 48.3 Å². The van der Waals surface area contributed by atoms with E-state index < -0.39 is 0 Å². The highest BCUT2D eigenvalue weighted by molar-refractivity contribution is 5.15. The summed E-state index contributed by atoms with van der Waals surface area (Å²) in [5.74, 6) is 7.52. The summed E-state index contributed by atoms with van der Waals surface area (Å²) in [5.41, 5.74) is 0.470. The maximum atomic E-state index is 10.8. The highest BCUT2D eigenvalue weighted by Gasteiger charge is 2.67. The van der Waals surface area contributed by atoms with E-state index in [2.05, 4.69) is 27.7 Å². The number of hydrogen-bond donors (Lipinski definition) is 2. The maximum Gasteiger partial charge on any atom is 0.0568 e. The summed E-state index contributed by atoms with van der Waals surface area (Å²) in [4.78, 5) is 0. The van der Waals surface area contributed by atoms with Crippen molar-refractivity contribution in [2.75, 3.05) is 0 Å². The molecule has 0 heterocycles. The SMILES string of the molecule is CC1CC(C2(C3CC(C)C(O)CC3C)C3CCCCC3C3CCCCC32)C(C)CC1O. The second-order valence-electron chi connectivity index (χ2n) is 13.3. The predicted molar refractivity (Wildman–Crippen MR) is 127 cm³/mol. The average Bonchev–Trinajstić information content (AvgIpc) is 3.05. The molecule has 5 aliphatic rings. The lowest BCUT2D eigenvalue weighted by Crippen LogP contribution is -2.56. The molecule has 0 aliphatic heterocycles. The minimum absolute atomic E-state index is 0.0986. The molecule has 178 valence electrons. The van der Waals surface area contributed by atoms with E-state index in [1.54, 1.807) is 0 Å². The van der Waals surface area contributed by atoms with Crippen molar-refractivity contribution >= 4 is 0 Å². The second-order valence-corrected chi connectivity index (χ2v) is 13.3. The van der Waals surface area contributed by atoms with Crippen LogP contribution in [0.15, 0.2) is 0 Å². The fourth-order valence-corrected chi connectivity index (χ4v) is 10.8. The number of rotatable bonds is 2. The number of hydrogen-bond acceptors (Lipinski definition) is 2. The van der Waals surface area contributed by atoms with Gasteiger partial charge in [-0.3, -0.25) is 0 Å². The smallest absolute Gasteiger partial charge is 0.0568 e. The molecule has 2 N–H and O–H groups in total. The van der Waals surface area contributed by atoms with Gasteiger partial charge in [-0.2, -0.15) is 0 Å². The molecule has 0 aromatic heterocycles. The lowest BCUT2D eigenvalue weighted by molar-refractivity contribution is -0.145. The van der Waals surface area contributed by atoms with E-state index in [0.29, 0.717) is 29.1 Å². The molecule has 0 amide bonds. The van der Waals surface area contributed by atoms with Gasteiger partial charge in [0.15, 0.2) is 0 Å². The lowest BCUT2D eigenvalue weighted by Gasteiger charge is -2.61. The van der Waals surface area contributed by atoms with Crippen molar-refractivity contribution in [3.63, 3.8) is 0 Å². The Hall–Kier alpha value is -0.0800. The molecule has 0 saturated heterocycles. The molecular formula is C29H50O2. The summed E-state index contributed by atoms with van der Waals surface area (Å²) < 4.78 is 0. The molecule has 5 rings (SSSR count). The first-order valence-corrected chi connectivity index (χ1v) is 14.2. The first kappa shape index (κ1) is 22.7. The van der Waals surface area contributed by atoms with Crippen LogP contribution in [0.3, 0.4) is 0 Å². The quantitative estimate of drug-likeness (QED) is 0.512. The fourth-order valence-electron chi connectivity index (χ4n) is 10.8. The molecular weight excluding hydrogens is 380 g/mol. The van der Waals surface area contributed by atoms with Gasteiger partial charge in [0, 0.05) is 0 Å². The zero-order chi connectivity index (χ0) is 21.9. The highest BCUT2D eigenvalue weighted by Crippen LogP contribution is 2.73. The van der Waals surface area contributed by atoms with Gasteiger partial charge in [0.2, 0.25) is 0 Å². The Balaban J connectivity index is 1.63. The normalized spacial score (nSPS) is 57.9. The van der Waals surface area contributed by atoms with Crippen molar-refractivity contribution in [2.45, 2.75) is 117 Å². The van der Waals surface area contributed by atoms with Crippen LogP contribution in [0.2, 0.25) is 0 Å². The number of aliphatic hydroxyl groups excluding tert-OH is 2. The molecule has 5 saturated carbocycles. The van der Waals surface area contributed by atoms with Gasteiger partial charge in [-0.05, 0) is 116 Å². The van der Waals surface area contributed by atoms with Crippen molar-refractivity contribution in [3.05, 3.63) is 0 Å². The minimum atomic E-state index is -0.0986. The van der Waals surface area contributed by atoms with Crippen LogP contribution in [0.1, 0.15) is 105 Å². The van der Waals surface area contributed by atoms with Gasteiger partial charge < -0.3 is 10.2 Å². The standard InChI is InChI=1S/C29H50O2/c1-17-15-27(30)19(3)13-25(17)29(26-14-20(4)28(31)16-18(26)2)23-11-7-5-9-21(23)22-10-6-8-12-24(22)29/h17-28,30-31H,5-16H2,1-4H3. The van der Waals surface area contributed by atoms with E-state index in [9.17, 15) is 10.2 Å². The molecule has 2 nitrogen and oxygen atoms in total. The van der Waals surface area contributed by atoms with Crippen LogP contribution in [0, 0.1) is 64.6 Å². The molecule has 5 aliphatic carbocycles. The number of aliphatic hydroxyl groups is 2. The van der Waals surface area contributed by atoms with E-state index in [4.69, 9.17) is 0 Å². The van der Waals surface area contributed by atoms with Crippen LogP contribution in [0.25, 0.3) is 0 Å². The van der Waals surface area contributed by atoms with Crippen molar-refractivity contribution in [3.8, 4) is 0 Å². The van der Waals surface area contributed by atoms with Gasteiger partial charge in [-0.15, -0.1) is 0 Å². The number of fused-ring (bicyclic) bond motifs is 3. The van der Waals surface area contributed by atoms with Gasteiger partial charge in [0.25, 0.3) is 0 Å². The third kappa shape index (κ3) is 3.48. The summed E-state index contributed by atoms with van der Waals surface area (Å²) in [6.07, 6.45) is 16.1. The van der Waals surface area contributed by atoms with E-state index in [1.165, 1.54) is 64.2 Å². The molecule has 12 unspecified atom stereocenters. The van der Waals surface area contributed by atoms with Crippen molar-refractivity contribution in [1.82, 2.24) is 0 Å². The third-order valence-electron chi connectivity index (χ3n) is 11.9. The molecule has 2 heteroatoms. The van der Waals surface area contributed by atoms with Crippen molar-refractivity contribution in [1.29, 1.82) is 0 Å². The maximum absolute atomic E-state index is 10.8. The van der Waals surface area contributed by atoms with Gasteiger partial charge in [-0.1, -0.05) is 53.4 Å². The Morgan fingerprint density at radius 1 is 0.484 bits per heavy atom. The van der Waals surface area contributed by atoms with E-state index in [1.807, 2.05) is 0 Å². The molecule has 0 spiro atoms. The molecule has 31 heavy (non-hydrogen) atoms. The van der Waals surface area contributed by atoms with Crippen LogP contribution in [0.5, 0.6) is 0 Å². The van der Waals surface area contributed by atoms with Crippen LogP contribution in [-0.4, -0.2) is 22.4 Å². The largest absolute Gasteiger partial charge is 0.393 e. The molecule has 0 radical (unpaired) electrons. The second kappa shape index (κ2) is 8.61. The van der Waals surface area contributed by atoms with Gasteiger partial charge in [-0.25, -0.2) is 0 Å². The first-order valence-electron chi connectivity index (χ1n) is 14.2. The van der Waals surface area contributed by atoms with Crippen LogP contribution >= 0.6 is 0 Å². The fraction of sp³-hybridized carbons (Fsp3) is 1.00. The molecule has 5 fully saturated rings. The Morgan fingerprint density at radius 2 is 0.871 bits per heavy atom. The highest BCUT2D eigenvalue weighted by atomic mass is 16.3. The molecule has 0 aromatic rings. The van der Waals surface area contributed by atoms with E-state index >= 15 is 0 Å². The summed E-state index contributed by atoms with van der Waals surface area (Å²) in [7, 11) is 0. The van der Waals surface area contributed by atoms with Gasteiger partial charge in [0.05, 0.1) is 12.2 Å². The van der Waals surface area contributed by atoms with Crippen LogP contribution in [-0.2, 0) is 0 Å². The van der Waals surface area contributed by atoms with Crippen molar-refractivity contribution < 1.29 is 10.2 Å². The molecule has 0 bridgehead atoms. The average molecular weight is 431 g/mol. The monoisotopic (exact) mass is 430 g/mol. The Kier molecular flexibility index (Phi) is 6.30. The zero-order valence-electron chi connectivity index (χ0n) is 20.8. The van der Waals surface area contributed by atoms with Crippen LogP contribution in [0.4, 0.5) is 0 Å². The van der Waals surface area contributed by atoms with Crippen LogP contribution < -0.4 is 0 Å². The van der Waals surface area contributed by atoms with Crippen molar-refractivity contribution in [2.24, 2.45) is 64.6 Å². The zero-order valence-corrected chi connectivity index (χ0v) is 20.8. The Morgan fingerprint density at radius 3 is 1.29 bits per heavy atom.